The molecule has 0 fully saturated rings. The van der Waals surface area contributed by atoms with Crippen molar-refractivity contribution >= 4 is 40.9 Å². The minimum absolute atomic E-state index is 0.531. The molecule has 0 aromatic heterocycles. The summed E-state index contributed by atoms with van der Waals surface area (Å²) in [6, 6.07) is 12.5. The maximum atomic E-state index is 10.5. The number of halogens is 1. The first-order valence-electron chi connectivity index (χ1n) is 12.8. The lowest BCUT2D eigenvalue weighted by atomic mass is 10.0. The van der Waals surface area contributed by atoms with Crippen LogP contribution in [-0.4, -0.2) is 73.2 Å². The molecule has 0 spiro atoms. The number of hydrogen-bond acceptors (Lipinski definition) is 7. The van der Waals surface area contributed by atoms with Crippen molar-refractivity contribution < 1.29 is 39.2 Å². The zero-order valence-corrected chi connectivity index (χ0v) is 23.1. The molecule has 40 heavy (non-hydrogen) atoms. The quantitative estimate of drug-likeness (QED) is 0.190. The molecular formula is C29H35ClN2O8. The van der Waals surface area contributed by atoms with Crippen LogP contribution in [0.3, 0.4) is 0 Å². The molecule has 2 aromatic rings. The first kappa shape index (κ1) is 32.4. The molecule has 0 radical (unpaired) electrons. The third-order valence-corrected chi connectivity index (χ3v) is 6.01. The second-order valence-corrected chi connectivity index (χ2v) is 9.15. The number of nitrogens with zero attached hydrogens (tertiary/aromatic N) is 1. The smallest absolute Gasteiger partial charge is 0.328 e. The van der Waals surface area contributed by atoms with Gasteiger partial charge in [0.05, 0.1) is 6.61 Å². The number of methoxy groups -OCH3 is 1. The summed E-state index contributed by atoms with van der Waals surface area (Å²) in [6.45, 7) is 3.36. The van der Waals surface area contributed by atoms with Gasteiger partial charge in [-0.05, 0) is 73.7 Å². The first-order chi connectivity index (χ1) is 19.2. The molecule has 3 rings (SSSR count). The molecule has 0 amide bonds. The summed E-state index contributed by atoms with van der Waals surface area (Å²) >= 11 is 6.36. The van der Waals surface area contributed by atoms with Gasteiger partial charge in [0, 0.05) is 54.8 Å². The van der Waals surface area contributed by atoms with Gasteiger partial charge in [-0.1, -0.05) is 23.7 Å². The summed E-state index contributed by atoms with van der Waals surface area (Å²) in [4.78, 5) is 32.0. The van der Waals surface area contributed by atoms with E-state index < -0.39 is 17.9 Å². The van der Waals surface area contributed by atoms with Crippen LogP contribution in [0.2, 0.25) is 5.02 Å². The van der Waals surface area contributed by atoms with E-state index in [0.29, 0.717) is 31.9 Å². The summed E-state index contributed by atoms with van der Waals surface area (Å²) in [5.41, 5.74) is 4.93. The standard InChI is InChI=1S/C25H31ClN2O4.C4H4O4/c1-31-15-16-32-22-10-11-23-20(17-22)7-6-19-8-9-21(26)18-24(19)28(23)14-3-2-12-27-13-4-5-25(29)30;5-3(6)1-2-4(7)8/h4-5,8-11,17-18,27H,2-3,6-7,12-16H2,1H3,(H,29,30);1-2H,(H,5,6)(H,7,8)/b5-4+;2-1-. The number of carbonyl (C=O) groups is 3. The molecule has 10 nitrogen and oxygen atoms in total. The fourth-order valence-electron chi connectivity index (χ4n) is 4.01. The number of ether oxygens (including phenoxy) is 2. The van der Waals surface area contributed by atoms with Crippen LogP contribution >= 0.6 is 11.6 Å². The molecule has 4 N–H and O–H groups in total. The molecule has 0 saturated carbocycles. The molecule has 0 unspecified atom stereocenters. The Hall–Kier alpha value is -3.86. The molecule has 0 aliphatic carbocycles. The molecule has 216 valence electrons. The molecule has 1 aliphatic rings. The van der Waals surface area contributed by atoms with Crippen molar-refractivity contribution in [3.63, 3.8) is 0 Å². The third kappa shape index (κ3) is 11.9. The number of aryl methyl sites for hydroxylation is 2. The van der Waals surface area contributed by atoms with Gasteiger partial charge in [-0.3, -0.25) is 0 Å². The minimum Gasteiger partial charge on any atom is -0.491 e. The van der Waals surface area contributed by atoms with Crippen molar-refractivity contribution in [1.29, 1.82) is 0 Å². The Kier molecular flexibility index (Phi) is 14.3. The van der Waals surface area contributed by atoms with E-state index in [1.165, 1.54) is 22.5 Å². The number of anilines is 2. The maximum absolute atomic E-state index is 10.5. The van der Waals surface area contributed by atoms with Crippen molar-refractivity contribution in [1.82, 2.24) is 5.32 Å². The van der Waals surface area contributed by atoms with Crippen LogP contribution in [0.5, 0.6) is 5.75 Å². The van der Waals surface area contributed by atoms with Gasteiger partial charge in [0.1, 0.15) is 12.4 Å². The molecular weight excluding hydrogens is 540 g/mol. The van der Waals surface area contributed by atoms with Gasteiger partial charge in [-0.15, -0.1) is 0 Å². The van der Waals surface area contributed by atoms with Crippen LogP contribution in [-0.2, 0) is 32.0 Å². The van der Waals surface area contributed by atoms with E-state index in [1.54, 1.807) is 13.2 Å². The highest BCUT2D eigenvalue weighted by molar-refractivity contribution is 6.30. The predicted molar refractivity (Wildman–Crippen MR) is 153 cm³/mol. The van der Waals surface area contributed by atoms with Gasteiger partial charge in [0.25, 0.3) is 0 Å². The van der Waals surface area contributed by atoms with E-state index in [9.17, 15) is 14.4 Å². The number of fused-ring (bicyclic) bond motifs is 2. The van der Waals surface area contributed by atoms with E-state index in [-0.39, 0.29) is 0 Å². The maximum Gasteiger partial charge on any atom is 0.328 e. The Bertz CT molecular complexity index is 1180. The highest BCUT2D eigenvalue weighted by Gasteiger charge is 2.21. The lowest BCUT2D eigenvalue weighted by molar-refractivity contribution is -0.134. The van der Waals surface area contributed by atoms with E-state index in [0.717, 1.165) is 55.6 Å². The zero-order chi connectivity index (χ0) is 29.3. The SMILES string of the molecule is COCCOc1ccc2c(c1)CCc1ccc(Cl)cc1N2CCCCNC/C=C/C(=O)O.O=C(O)/C=C\C(=O)O. The predicted octanol–water partition coefficient (Wildman–Crippen LogP) is 4.32. The molecule has 0 saturated heterocycles. The second-order valence-electron chi connectivity index (χ2n) is 8.72. The molecule has 1 aliphatic heterocycles. The summed E-state index contributed by atoms with van der Waals surface area (Å²) in [7, 11) is 1.67. The van der Waals surface area contributed by atoms with Gasteiger partial charge in [-0.25, -0.2) is 14.4 Å². The number of carboxylic acids is 3. The van der Waals surface area contributed by atoms with E-state index in [1.807, 2.05) is 12.1 Å². The van der Waals surface area contributed by atoms with Crippen molar-refractivity contribution in [2.45, 2.75) is 25.7 Å². The molecule has 0 atom stereocenters. The zero-order valence-electron chi connectivity index (χ0n) is 22.3. The monoisotopic (exact) mass is 574 g/mol. The average molecular weight is 575 g/mol. The van der Waals surface area contributed by atoms with Gasteiger partial charge >= 0.3 is 17.9 Å². The van der Waals surface area contributed by atoms with Crippen molar-refractivity contribution in [3.05, 3.63) is 76.9 Å². The second kappa shape index (κ2) is 17.7. The van der Waals surface area contributed by atoms with Crippen LogP contribution in [0.25, 0.3) is 0 Å². The summed E-state index contributed by atoms with van der Waals surface area (Å²) < 4.78 is 10.9. The lowest BCUT2D eigenvalue weighted by Crippen LogP contribution is -2.22. The Morgan fingerprint density at radius 3 is 2.27 bits per heavy atom. The summed E-state index contributed by atoms with van der Waals surface area (Å²) in [6.07, 6.45) is 7.78. The van der Waals surface area contributed by atoms with E-state index >= 15 is 0 Å². The first-order valence-corrected chi connectivity index (χ1v) is 13.1. The number of hydrogen-bond donors (Lipinski definition) is 4. The van der Waals surface area contributed by atoms with Crippen LogP contribution in [0.15, 0.2) is 60.7 Å². The fraction of sp³-hybridized carbons (Fsp3) is 0.345. The van der Waals surface area contributed by atoms with Crippen LogP contribution in [0.1, 0.15) is 24.0 Å². The van der Waals surface area contributed by atoms with Gasteiger partial charge in [-0.2, -0.15) is 0 Å². The summed E-state index contributed by atoms with van der Waals surface area (Å²) in [5, 5.41) is 28.2. The minimum atomic E-state index is -1.26. The topological polar surface area (TPSA) is 146 Å². The number of nitrogens with one attached hydrogen (secondary N) is 1. The van der Waals surface area contributed by atoms with Crippen molar-refractivity contribution in [2.24, 2.45) is 0 Å². The lowest BCUT2D eigenvalue weighted by Gasteiger charge is -2.27. The number of aliphatic carboxylic acids is 3. The van der Waals surface area contributed by atoms with Crippen LogP contribution in [0, 0.1) is 0 Å². The van der Waals surface area contributed by atoms with Gasteiger partial charge in [0.15, 0.2) is 0 Å². The third-order valence-electron chi connectivity index (χ3n) is 5.78. The van der Waals surface area contributed by atoms with Gasteiger partial charge in [0.2, 0.25) is 0 Å². The molecule has 2 aromatic carbocycles. The molecule has 1 heterocycles. The largest absolute Gasteiger partial charge is 0.491 e. The number of carboxylic acid groups (broad SMARTS) is 3. The van der Waals surface area contributed by atoms with Gasteiger partial charge < -0.3 is 35.0 Å². The highest BCUT2D eigenvalue weighted by Crippen LogP contribution is 2.39. The van der Waals surface area contributed by atoms with Crippen LogP contribution < -0.4 is 15.0 Å². The fourth-order valence-corrected chi connectivity index (χ4v) is 4.17. The van der Waals surface area contributed by atoms with Crippen molar-refractivity contribution in [3.8, 4) is 5.75 Å². The average Bonchev–Trinajstić information content (AvgIpc) is 3.05. The molecule has 11 heteroatoms. The Labute approximate surface area is 238 Å². The van der Waals surface area contributed by atoms with E-state index in [2.05, 4.69) is 34.5 Å². The summed E-state index contributed by atoms with van der Waals surface area (Å²) in [5.74, 6) is -2.57. The highest BCUT2D eigenvalue weighted by atomic mass is 35.5. The number of benzene rings is 2. The number of unbranched alkanes of at least 4 members (excludes halogenated alkanes) is 1. The Balaban J connectivity index is 0.000000611. The van der Waals surface area contributed by atoms with E-state index in [4.69, 9.17) is 36.4 Å². The van der Waals surface area contributed by atoms with Crippen LogP contribution in [0.4, 0.5) is 11.4 Å². The Morgan fingerprint density at radius 1 is 0.900 bits per heavy atom. The Morgan fingerprint density at radius 2 is 1.60 bits per heavy atom. The molecule has 0 bridgehead atoms. The normalized spacial score (nSPS) is 12.3. The number of rotatable bonds is 14. The van der Waals surface area contributed by atoms with Crippen molar-refractivity contribution in [2.75, 3.05) is 44.9 Å².